The van der Waals surface area contributed by atoms with E-state index in [4.69, 9.17) is 0 Å². The van der Waals surface area contributed by atoms with Crippen molar-refractivity contribution in [3.05, 3.63) is 0 Å². The number of rotatable bonds is 0. The summed E-state index contributed by atoms with van der Waals surface area (Å²) >= 11 is 0. The van der Waals surface area contributed by atoms with Gasteiger partial charge in [0.25, 0.3) is 0 Å². The van der Waals surface area contributed by atoms with Crippen LogP contribution >= 0.6 is 0 Å². The molecule has 2 aliphatic rings. The molecular formula is C13H24. The Kier molecular flexibility index (Phi) is 3.69. The molecule has 0 saturated heterocycles. The lowest BCUT2D eigenvalue weighted by atomic mass is 9.83. The van der Waals surface area contributed by atoms with Gasteiger partial charge in [0.15, 0.2) is 0 Å². The van der Waals surface area contributed by atoms with Gasteiger partial charge in [-0.1, -0.05) is 70.6 Å². The van der Waals surface area contributed by atoms with Crippen molar-refractivity contribution in [1.29, 1.82) is 0 Å². The van der Waals surface area contributed by atoms with Crippen molar-refractivity contribution in [1.82, 2.24) is 0 Å². The Hall–Kier alpha value is 0. The first-order valence-electron chi connectivity index (χ1n) is 6.45. The average molecular weight is 180 g/mol. The number of hydrogen-bond donors (Lipinski definition) is 0. The third-order valence-corrected chi connectivity index (χ3v) is 4.18. The summed E-state index contributed by atoms with van der Waals surface area (Å²) in [7, 11) is 0. The normalized spacial score (nSPS) is 36.9. The van der Waals surface area contributed by atoms with Crippen molar-refractivity contribution in [2.75, 3.05) is 0 Å². The molecule has 0 aromatic heterocycles. The van der Waals surface area contributed by atoms with Gasteiger partial charge in [-0.3, -0.25) is 0 Å². The minimum atomic E-state index is 1.11. The second kappa shape index (κ2) is 5.02. The van der Waals surface area contributed by atoms with Crippen LogP contribution in [0.4, 0.5) is 0 Å². The highest BCUT2D eigenvalue weighted by Crippen LogP contribution is 2.33. The van der Waals surface area contributed by atoms with Gasteiger partial charge >= 0.3 is 0 Å². The lowest BCUT2D eigenvalue weighted by molar-refractivity contribution is 0.302. The van der Waals surface area contributed by atoms with Crippen LogP contribution in [0, 0.1) is 11.8 Å². The van der Waals surface area contributed by atoms with E-state index in [9.17, 15) is 0 Å². The topological polar surface area (TPSA) is 0 Å². The van der Waals surface area contributed by atoms with E-state index in [0.717, 1.165) is 11.8 Å². The summed E-state index contributed by atoms with van der Waals surface area (Å²) in [4.78, 5) is 0. The van der Waals surface area contributed by atoms with E-state index in [1.54, 1.807) is 38.5 Å². The zero-order chi connectivity index (χ0) is 8.93. The Morgan fingerprint density at radius 1 is 0.385 bits per heavy atom. The molecular weight excluding hydrogens is 156 g/mol. The van der Waals surface area contributed by atoms with Crippen LogP contribution < -0.4 is 0 Å². The van der Waals surface area contributed by atoms with Gasteiger partial charge in [0.05, 0.1) is 0 Å². The monoisotopic (exact) mass is 180 g/mol. The Morgan fingerprint density at radius 2 is 0.769 bits per heavy atom. The number of fused-ring (bicyclic) bond motifs is 3. The minimum Gasteiger partial charge on any atom is -0.0533 e. The van der Waals surface area contributed by atoms with Gasteiger partial charge in [-0.2, -0.15) is 0 Å². The molecule has 2 fully saturated rings. The van der Waals surface area contributed by atoms with Gasteiger partial charge in [-0.15, -0.1) is 0 Å². The van der Waals surface area contributed by atoms with Gasteiger partial charge in [-0.05, 0) is 11.8 Å². The number of hydrogen-bond acceptors (Lipinski definition) is 0. The summed E-state index contributed by atoms with van der Waals surface area (Å²) in [5.74, 6) is 2.22. The summed E-state index contributed by atoms with van der Waals surface area (Å²) in [6.45, 7) is 0. The molecule has 0 N–H and O–H groups in total. The van der Waals surface area contributed by atoms with Gasteiger partial charge < -0.3 is 0 Å². The molecule has 0 nitrogen and oxygen atoms in total. The third-order valence-electron chi connectivity index (χ3n) is 4.18. The van der Waals surface area contributed by atoms with Gasteiger partial charge in [0, 0.05) is 0 Å². The Labute approximate surface area is 83.1 Å². The first kappa shape index (κ1) is 9.55. The van der Waals surface area contributed by atoms with E-state index in [0.29, 0.717) is 0 Å². The minimum absolute atomic E-state index is 1.11. The largest absolute Gasteiger partial charge is 0.0533 e. The van der Waals surface area contributed by atoms with E-state index in [2.05, 4.69) is 0 Å². The van der Waals surface area contributed by atoms with Crippen LogP contribution in [0.3, 0.4) is 0 Å². The molecule has 2 rings (SSSR count). The molecule has 2 saturated carbocycles. The molecule has 2 aliphatic carbocycles. The predicted octanol–water partition coefficient (Wildman–Crippen LogP) is 4.54. The van der Waals surface area contributed by atoms with Crippen molar-refractivity contribution in [2.45, 2.75) is 70.6 Å². The molecule has 0 aliphatic heterocycles. The summed E-state index contributed by atoms with van der Waals surface area (Å²) in [5, 5.41) is 0. The van der Waals surface area contributed by atoms with E-state index in [1.807, 2.05) is 0 Å². The van der Waals surface area contributed by atoms with Crippen LogP contribution in [0.2, 0.25) is 0 Å². The van der Waals surface area contributed by atoms with Gasteiger partial charge in [0.2, 0.25) is 0 Å². The molecule has 0 heterocycles. The molecule has 0 aromatic rings. The van der Waals surface area contributed by atoms with Gasteiger partial charge in [0.1, 0.15) is 0 Å². The maximum absolute atomic E-state index is 1.56. The highest BCUT2D eigenvalue weighted by atomic mass is 14.2. The zero-order valence-corrected chi connectivity index (χ0v) is 8.93. The molecule has 0 heteroatoms. The van der Waals surface area contributed by atoms with Crippen molar-refractivity contribution >= 4 is 0 Å². The summed E-state index contributed by atoms with van der Waals surface area (Å²) < 4.78 is 0. The molecule has 0 radical (unpaired) electrons. The fraction of sp³-hybridized carbons (Fsp3) is 1.00. The van der Waals surface area contributed by atoms with E-state index in [-0.39, 0.29) is 0 Å². The SMILES string of the molecule is C1CCC2CCCCC(CC1)CC2. The second-order valence-corrected chi connectivity index (χ2v) is 5.23. The van der Waals surface area contributed by atoms with Crippen molar-refractivity contribution < 1.29 is 0 Å². The highest BCUT2D eigenvalue weighted by Gasteiger charge is 2.18. The van der Waals surface area contributed by atoms with Crippen LogP contribution in [-0.2, 0) is 0 Å². The van der Waals surface area contributed by atoms with Crippen LogP contribution in [-0.4, -0.2) is 0 Å². The fourth-order valence-electron chi connectivity index (χ4n) is 3.25. The average Bonchev–Trinajstić information content (AvgIpc) is 2.17. The first-order valence-corrected chi connectivity index (χ1v) is 6.45. The second-order valence-electron chi connectivity index (χ2n) is 5.23. The third kappa shape index (κ3) is 3.00. The molecule has 0 spiro atoms. The van der Waals surface area contributed by atoms with Crippen LogP contribution in [0.15, 0.2) is 0 Å². The molecule has 76 valence electrons. The summed E-state index contributed by atoms with van der Waals surface area (Å²) in [5.41, 5.74) is 0. The molecule has 0 aromatic carbocycles. The Bertz CT molecular complexity index is 123. The molecule has 2 bridgehead atoms. The molecule has 2 atom stereocenters. The van der Waals surface area contributed by atoms with E-state index >= 15 is 0 Å². The predicted molar refractivity (Wildman–Crippen MR) is 57.8 cm³/mol. The van der Waals surface area contributed by atoms with Crippen LogP contribution in [0.25, 0.3) is 0 Å². The van der Waals surface area contributed by atoms with Crippen molar-refractivity contribution in [3.8, 4) is 0 Å². The standard InChI is InChI=1S/C13H24/c1-2-6-12-8-4-5-9-13(7-3-1)11-10-12/h12-13H,1-11H2. The van der Waals surface area contributed by atoms with Crippen LogP contribution in [0.5, 0.6) is 0 Å². The molecule has 0 amide bonds. The quantitative estimate of drug-likeness (QED) is 0.513. The molecule has 2 unspecified atom stereocenters. The molecule has 13 heavy (non-hydrogen) atoms. The van der Waals surface area contributed by atoms with E-state index < -0.39 is 0 Å². The Balaban J connectivity index is 1.92. The van der Waals surface area contributed by atoms with Crippen LogP contribution in [0.1, 0.15) is 70.6 Å². The zero-order valence-electron chi connectivity index (χ0n) is 8.93. The lowest BCUT2D eigenvalue weighted by Crippen LogP contribution is -2.08. The van der Waals surface area contributed by atoms with E-state index in [1.165, 1.54) is 32.1 Å². The summed E-state index contributed by atoms with van der Waals surface area (Å²) in [6.07, 6.45) is 16.9. The maximum Gasteiger partial charge on any atom is -0.0414 e. The maximum atomic E-state index is 1.56. The lowest BCUT2D eigenvalue weighted by Gasteiger charge is -2.23. The fourth-order valence-corrected chi connectivity index (χ4v) is 3.25. The smallest absolute Gasteiger partial charge is 0.0414 e. The Morgan fingerprint density at radius 3 is 1.23 bits per heavy atom. The summed E-state index contributed by atoms with van der Waals surface area (Å²) in [6, 6.07) is 0. The van der Waals surface area contributed by atoms with Gasteiger partial charge in [-0.25, -0.2) is 0 Å². The first-order chi connectivity index (χ1) is 6.45. The van der Waals surface area contributed by atoms with Crippen molar-refractivity contribution in [3.63, 3.8) is 0 Å². The van der Waals surface area contributed by atoms with Crippen molar-refractivity contribution in [2.24, 2.45) is 11.8 Å². The highest BCUT2D eigenvalue weighted by molar-refractivity contribution is 4.71.